The van der Waals surface area contributed by atoms with E-state index < -0.39 is 6.10 Å². The molecule has 0 heterocycles. The number of ether oxygens (including phenoxy) is 3. The topological polar surface area (TPSA) is 78.9 Å². The summed E-state index contributed by atoms with van der Waals surface area (Å²) in [4.78, 5) is 38.0. The standard InChI is InChI=1S/C57H100O6/c1-4-7-10-13-16-19-22-24-26-28-30-32-35-38-41-44-47-50-56(59)62-53-54(52-61-55(58)49-46-43-40-37-34-21-18-15-12-9-6-3)63-57(60)51-48-45-42-39-36-33-31-29-27-25-23-20-17-14-11-8-5-2/h16-17,19-20,24-27,30,32,54H,4-15,18,21-23,28-29,31,33-53H2,1-3H3/b19-16-,20-17-,26-24-,27-25-,32-30-/t54-/m1/s1. The first-order valence-corrected chi connectivity index (χ1v) is 26.8. The largest absolute Gasteiger partial charge is 0.462 e. The van der Waals surface area contributed by atoms with Crippen LogP contribution in [0.15, 0.2) is 60.8 Å². The van der Waals surface area contributed by atoms with Gasteiger partial charge in [-0.15, -0.1) is 0 Å². The predicted molar refractivity (Wildman–Crippen MR) is 270 cm³/mol. The quantitative estimate of drug-likeness (QED) is 0.0262. The molecule has 0 saturated carbocycles. The van der Waals surface area contributed by atoms with Crippen molar-refractivity contribution in [2.75, 3.05) is 13.2 Å². The van der Waals surface area contributed by atoms with Gasteiger partial charge in [0.05, 0.1) is 0 Å². The van der Waals surface area contributed by atoms with Crippen LogP contribution in [0.2, 0.25) is 0 Å². The van der Waals surface area contributed by atoms with Crippen molar-refractivity contribution < 1.29 is 28.6 Å². The van der Waals surface area contributed by atoms with Gasteiger partial charge in [-0.2, -0.15) is 0 Å². The zero-order chi connectivity index (χ0) is 45.8. The molecule has 63 heavy (non-hydrogen) atoms. The van der Waals surface area contributed by atoms with Crippen molar-refractivity contribution in [3.8, 4) is 0 Å². The zero-order valence-electron chi connectivity index (χ0n) is 41.6. The molecular weight excluding hydrogens is 781 g/mol. The monoisotopic (exact) mass is 881 g/mol. The summed E-state index contributed by atoms with van der Waals surface area (Å²) < 4.78 is 16.8. The first kappa shape index (κ1) is 60.1. The highest BCUT2D eigenvalue weighted by atomic mass is 16.6. The van der Waals surface area contributed by atoms with Crippen LogP contribution in [0.3, 0.4) is 0 Å². The molecule has 0 aromatic carbocycles. The Balaban J connectivity index is 4.40. The van der Waals surface area contributed by atoms with E-state index in [2.05, 4.69) is 81.5 Å². The molecule has 6 nitrogen and oxygen atoms in total. The van der Waals surface area contributed by atoms with Crippen LogP contribution in [0.25, 0.3) is 0 Å². The SMILES string of the molecule is CCCCC/C=C\C/C=C\C/C=C\CCCCCCC(=O)OC[C@@H](COC(=O)CCCCCCCCCCCCC)OC(=O)CCCCCCCCC/C=C\C/C=C\CCCCC. The lowest BCUT2D eigenvalue weighted by molar-refractivity contribution is -0.167. The van der Waals surface area contributed by atoms with E-state index >= 15 is 0 Å². The Kier molecular flexibility index (Phi) is 49.4. The summed E-state index contributed by atoms with van der Waals surface area (Å²) in [5.74, 6) is -0.908. The first-order valence-electron chi connectivity index (χ1n) is 26.8. The lowest BCUT2D eigenvalue weighted by Crippen LogP contribution is -2.30. The average molecular weight is 881 g/mol. The summed E-state index contributed by atoms with van der Waals surface area (Å²) in [5, 5.41) is 0. The molecule has 0 aromatic rings. The van der Waals surface area contributed by atoms with Gasteiger partial charge in [0.15, 0.2) is 6.10 Å². The summed E-state index contributed by atoms with van der Waals surface area (Å²) in [6.07, 6.45) is 63.4. The minimum Gasteiger partial charge on any atom is -0.462 e. The summed E-state index contributed by atoms with van der Waals surface area (Å²) in [6.45, 7) is 6.56. The van der Waals surface area contributed by atoms with Crippen molar-refractivity contribution in [3.63, 3.8) is 0 Å². The third-order valence-corrected chi connectivity index (χ3v) is 11.5. The fraction of sp³-hybridized carbons (Fsp3) is 0.772. The molecule has 0 saturated heterocycles. The number of rotatable bonds is 48. The Bertz CT molecular complexity index is 1150. The second kappa shape index (κ2) is 51.7. The Morgan fingerprint density at radius 1 is 0.317 bits per heavy atom. The molecule has 0 bridgehead atoms. The van der Waals surface area contributed by atoms with Gasteiger partial charge in [0.2, 0.25) is 0 Å². The molecule has 6 heteroatoms. The van der Waals surface area contributed by atoms with Crippen molar-refractivity contribution in [2.24, 2.45) is 0 Å². The molecule has 0 aliphatic rings. The number of carbonyl (C=O) groups is 3. The second-order valence-electron chi connectivity index (χ2n) is 17.8. The van der Waals surface area contributed by atoms with Gasteiger partial charge in [-0.3, -0.25) is 14.4 Å². The Morgan fingerprint density at radius 2 is 0.571 bits per heavy atom. The van der Waals surface area contributed by atoms with Gasteiger partial charge in [0.25, 0.3) is 0 Å². The molecule has 0 N–H and O–H groups in total. The van der Waals surface area contributed by atoms with Gasteiger partial charge in [0, 0.05) is 19.3 Å². The van der Waals surface area contributed by atoms with Crippen molar-refractivity contribution >= 4 is 17.9 Å². The van der Waals surface area contributed by atoms with Gasteiger partial charge < -0.3 is 14.2 Å². The fourth-order valence-corrected chi connectivity index (χ4v) is 7.42. The molecular formula is C57H100O6. The fourth-order valence-electron chi connectivity index (χ4n) is 7.42. The molecule has 0 fully saturated rings. The van der Waals surface area contributed by atoms with Crippen LogP contribution in [0.1, 0.15) is 265 Å². The molecule has 0 aromatic heterocycles. The van der Waals surface area contributed by atoms with Crippen LogP contribution >= 0.6 is 0 Å². The highest BCUT2D eigenvalue weighted by Crippen LogP contribution is 2.15. The van der Waals surface area contributed by atoms with Gasteiger partial charge in [0.1, 0.15) is 13.2 Å². The van der Waals surface area contributed by atoms with E-state index in [4.69, 9.17) is 14.2 Å². The lowest BCUT2D eigenvalue weighted by Gasteiger charge is -2.18. The molecule has 0 amide bonds. The van der Waals surface area contributed by atoms with Crippen LogP contribution in [-0.4, -0.2) is 37.2 Å². The molecule has 0 radical (unpaired) electrons. The number of carbonyl (C=O) groups excluding carboxylic acids is 3. The Morgan fingerprint density at radius 3 is 0.921 bits per heavy atom. The number of hydrogen-bond acceptors (Lipinski definition) is 6. The van der Waals surface area contributed by atoms with E-state index in [9.17, 15) is 14.4 Å². The van der Waals surface area contributed by atoms with Crippen molar-refractivity contribution in [1.82, 2.24) is 0 Å². The van der Waals surface area contributed by atoms with Gasteiger partial charge in [-0.05, 0) is 89.9 Å². The van der Waals surface area contributed by atoms with Gasteiger partial charge in [-0.1, -0.05) is 216 Å². The Labute approximate surface area is 390 Å². The summed E-state index contributed by atoms with van der Waals surface area (Å²) in [6, 6.07) is 0. The third-order valence-electron chi connectivity index (χ3n) is 11.5. The number of allylic oxidation sites excluding steroid dienone is 10. The zero-order valence-corrected chi connectivity index (χ0v) is 41.6. The predicted octanol–water partition coefficient (Wildman–Crippen LogP) is 17.6. The molecule has 1 atom stereocenters. The first-order chi connectivity index (χ1) is 31.0. The molecule has 0 aliphatic heterocycles. The number of esters is 3. The van der Waals surface area contributed by atoms with Gasteiger partial charge in [-0.25, -0.2) is 0 Å². The molecule has 0 spiro atoms. The van der Waals surface area contributed by atoms with E-state index in [0.717, 1.165) is 96.3 Å². The molecule has 0 unspecified atom stereocenters. The highest BCUT2D eigenvalue weighted by Gasteiger charge is 2.19. The lowest BCUT2D eigenvalue weighted by atomic mass is 10.1. The van der Waals surface area contributed by atoms with Crippen molar-refractivity contribution in [1.29, 1.82) is 0 Å². The van der Waals surface area contributed by atoms with E-state index in [1.165, 1.54) is 128 Å². The van der Waals surface area contributed by atoms with E-state index in [1.807, 2.05) is 0 Å². The van der Waals surface area contributed by atoms with E-state index in [1.54, 1.807) is 0 Å². The maximum atomic E-state index is 12.8. The smallest absolute Gasteiger partial charge is 0.306 e. The highest BCUT2D eigenvalue weighted by molar-refractivity contribution is 5.71. The average Bonchev–Trinajstić information content (AvgIpc) is 3.28. The Hall–Kier alpha value is -2.89. The van der Waals surface area contributed by atoms with Crippen LogP contribution in [0.5, 0.6) is 0 Å². The number of hydrogen-bond donors (Lipinski definition) is 0. The molecule has 364 valence electrons. The van der Waals surface area contributed by atoms with Crippen LogP contribution in [0.4, 0.5) is 0 Å². The second-order valence-corrected chi connectivity index (χ2v) is 17.8. The van der Waals surface area contributed by atoms with Gasteiger partial charge >= 0.3 is 17.9 Å². The summed E-state index contributed by atoms with van der Waals surface area (Å²) >= 11 is 0. The third kappa shape index (κ3) is 50.0. The summed E-state index contributed by atoms with van der Waals surface area (Å²) in [5.41, 5.74) is 0. The minimum absolute atomic E-state index is 0.0830. The van der Waals surface area contributed by atoms with Crippen LogP contribution in [0, 0.1) is 0 Å². The van der Waals surface area contributed by atoms with Crippen molar-refractivity contribution in [3.05, 3.63) is 60.8 Å². The van der Waals surface area contributed by atoms with Crippen molar-refractivity contribution in [2.45, 2.75) is 271 Å². The van der Waals surface area contributed by atoms with E-state index in [0.29, 0.717) is 19.3 Å². The number of unbranched alkanes of at least 4 members (excludes halogenated alkanes) is 27. The normalized spacial score (nSPS) is 12.5. The minimum atomic E-state index is -0.785. The maximum absolute atomic E-state index is 12.8. The molecule has 0 aliphatic carbocycles. The maximum Gasteiger partial charge on any atom is 0.306 e. The van der Waals surface area contributed by atoms with Crippen LogP contribution in [-0.2, 0) is 28.6 Å². The summed E-state index contributed by atoms with van der Waals surface area (Å²) in [7, 11) is 0. The van der Waals surface area contributed by atoms with E-state index in [-0.39, 0.29) is 31.1 Å². The molecule has 0 rings (SSSR count). The van der Waals surface area contributed by atoms with Crippen LogP contribution < -0.4 is 0 Å².